The molecule has 1 saturated heterocycles. The van der Waals surface area contributed by atoms with Crippen LogP contribution in [0, 0.1) is 6.92 Å². The first kappa shape index (κ1) is 16.9. The lowest BCUT2D eigenvalue weighted by molar-refractivity contribution is 0.131. The molecule has 6 heteroatoms. The number of carbonyl (C=O) groups is 1. The van der Waals surface area contributed by atoms with Crippen LogP contribution in [0.1, 0.15) is 48.5 Å². The summed E-state index contributed by atoms with van der Waals surface area (Å²) in [6.45, 7) is 4.62. The predicted octanol–water partition coefficient (Wildman–Crippen LogP) is 3.57. The molecule has 1 fully saturated rings. The Labute approximate surface area is 135 Å². The van der Waals surface area contributed by atoms with Crippen molar-refractivity contribution < 1.29 is 19.7 Å². The second-order valence-electron chi connectivity index (χ2n) is 5.74. The van der Waals surface area contributed by atoms with Crippen molar-refractivity contribution in [2.45, 2.75) is 38.7 Å². The van der Waals surface area contributed by atoms with E-state index < -0.39 is 12.2 Å². The summed E-state index contributed by atoms with van der Waals surface area (Å²) in [6, 6.07) is 1.75. The van der Waals surface area contributed by atoms with Gasteiger partial charge in [-0.05, 0) is 44.2 Å². The lowest BCUT2D eigenvalue weighted by Gasteiger charge is -2.32. The summed E-state index contributed by atoms with van der Waals surface area (Å²) in [7, 11) is 1.59. The van der Waals surface area contributed by atoms with Gasteiger partial charge in [0, 0.05) is 29.2 Å². The van der Waals surface area contributed by atoms with E-state index in [0.29, 0.717) is 29.4 Å². The summed E-state index contributed by atoms with van der Waals surface area (Å²) >= 11 is 6.32. The summed E-state index contributed by atoms with van der Waals surface area (Å²) < 4.78 is 5.55. The van der Waals surface area contributed by atoms with E-state index >= 15 is 0 Å². The standard InChI is InChI=1S/C16H22ClNO4/c1-9-13(17)8-12(10(2)19)15(22-3)14(9)11-4-6-18(7-5-11)16(20)21/h8,10-11,19H,4-7H2,1-3H3,(H,20,21). The summed E-state index contributed by atoms with van der Waals surface area (Å²) in [4.78, 5) is 12.5. The Balaban J connectivity index is 2.40. The molecule has 1 atom stereocenters. The van der Waals surface area contributed by atoms with Gasteiger partial charge >= 0.3 is 6.09 Å². The number of aliphatic hydroxyl groups is 1. The molecule has 122 valence electrons. The zero-order chi connectivity index (χ0) is 16.4. The van der Waals surface area contributed by atoms with E-state index in [9.17, 15) is 9.90 Å². The van der Waals surface area contributed by atoms with E-state index in [1.165, 1.54) is 4.90 Å². The van der Waals surface area contributed by atoms with Crippen LogP contribution in [0.3, 0.4) is 0 Å². The van der Waals surface area contributed by atoms with E-state index in [1.54, 1.807) is 20.1 Å². The van der Waals surface area contributed by atoms with E-state index in [-0.39, 0.29) is 5.92 Å². The number of ether oxygens (including phenoxy) is 1. The molecule has 1 heterocycles. The van der Waals surface area contributed by atoms with Gasteiger partial charge in [-0.25, -0.2) is 4.79 Å². The molecule has 0 aliphatic carbocycles. The maximum atomic E-state index is 11.0. The number of hydrogen-bond donors (Lipinski definition) is 2. The molecule has 0 radical (unpaired) electrons. The third kappa shape index (κ3) is 3.15. The highest BCUT2D eigenvalue weighted by atomic mass is 35.5. The Hall–Kier alpha value is -1.46. The molecule has 5 nitrogen and oxygen atoms in total. The van der Waals surface area contributed by atoms with Crippen LogP contribution in [0.15, 0.2) is 6.07 Å². The Kier molecular flexibility index (Phi) is 5.19. The highest BCUT2D eigenvalue weighted by Gasteiger charge is 2.29. The normalized spacial score (nSPS) is 17.4. The molecule has 0 aromatic heterocycles. The van der Waals surface area contributed by atoms with Gasteiger partial charge in [0.1, 0.15) is 5.75 Å². The summed E-state index contributed by atoms with van der Waals surface area (Å²) in [5.74, 6) is 0.854. The molecule has 1 aliphatic heterocycles. The lowest BCUT2D eigenvalue weighted by Crippen LogP contribution is -2.37. The topological polar surface area (TPSA) is 70.0 Å². The van der Waals surface area contributed by atoms with Gasteiger partial charge in [0.05, 0.1) is 13.2 Å². The summed E-state index contributed by atoms with van der Waals surface area (Å²) in [5, 5.41) is 19.6. The molecule has 2 N–H and O–H groups in total. The summed E-state index contributed by atoms with van der Waals surface area (Å²) in [6.07, 6.45) is -0.101. The SMILES string of the molecule is COc1c(C(C)O)cc(Cl)c(C)c1C1CCN(C(=O)O)CC1. The predicted molar refractivity (Wildman–Crippen MR) is 84.9 cm³/mol. The number of methoxy groups -OCH3 is 1. The molecule has 2 rings (SSSR count). The van der Waals surface area contributed by atoms with Crippen molar-refractivity contribution in [1.82, 2.24) is 4.90 Å². The first-order chi connectivity index (χ1) is 10.4. The molecular formula is C16H22ClNO4. The second-order valence-corrected chi connectivity index (χ2v) is 6.15. The minimum absolute atomic E-state index is 0.182. The molecular weight excluding hydrogens is 306 g/mol. The molecule has 0 saturated carbocycles. The number of likely N-dealkylation sites (tertiary alicyclic amines) is 1. The minimum Gasteiger partial charge on any atom is -0.496 e. The average molecular weight is 328 g/mol. The Morgan fingerprint density at radius 2 is 2.05 bits per heavy atom. The molecule has 1 amide bonds. The molecule has 1 unspecified atom stereocenters. The van der Waals surface area contributed by atoms with E-state index in [2.05, 4.69) is 0 Å². The number of aliphatic hydroxyl groups excluding tert-OH is 1. The average Bonchev–Trinajstić information content (AvgIpc) is 2.49. The van der Waals surface area contributed by atoms with Crippen molar-refractivity contribution in [1.29, 1.82) is 0 Å². The van der Waals surface area contributed by atoms with Crippen LogP contribution in [0.2, 0.25) is 5.02 Å². The second kappa shape index (κ2) is 6.75. The molecule has 0 spiro atoms. The van der Waals surface area contributed by atoms with Crippen LogP contribution in [-0.2, 0) is 0 Å². The van der Waals surface area contributed by atoms with E-state index in [4.69, 9.17) is 21.4 Å². The van der Waals surface area contributed by atoms with Crippen molar-refractivity contribution in [3.8, 4) is 5.75 Å². The van der Waals surface area contributed by atoms with Crippen molar-refractivity contribution in [2.24, 2.45) is 0 Å². The Bertz CT molecular complexity index is 566. The first-order valence-electron chi connectivity index (χ1n) is 7.39. The Morgan fingerprint density at radius 1 is 1.45 bits per heavy atom. The first-order valence-corrected chi connectivity index (χ1v) is 7.77. The fourth-order valence-electron chi connectivity index (χ4n) is 3.15. The number of piperidine rings is 1. The number of carboxylic acid groups (broad SMARTS) is 1. The zero-order valence-corrected chi connectivity index (χ0v) is 13.9. The fourth-order valence-corrected chi connectivity index (χ4v) is 3.37. The fraction of sp³-hybridized carbons (Fsp3) is 0.562. The summed E-state index contributed by atoms with van der Waals surface area (Å²) in [5.41, 5.74) is 2.61. The van der Waals surface area contributed by atoms with Crippen LogP contribution >= 0.6 is 11.6 Å². The maximum absolute atomic E-state index is 11.0. The van der Waals surface area contributed by atoms with Crippen molar-refractivity contribution in [3.05, 3.63) is 27.8 Å². The van der Waals surface area contributed by atoms with Gasteiger partial charge < -0.3 is 19.8 Å². The molecule has 1 aromatic rings. The largest absolute Gasteiger partial charge is 0.496 e. The van der Waals surface area contributed by atoms with Gasteiger partial charge in [-0.15, -0.1) is 0 Å². The number of nitrogens with zero attached hydrogens (tertiary/aromatic N) is 1. The van der Waals surface area contributed by atoms with Crippen LogP contribution in [-0.4, -0.2) is 41.4 Å². The minimum atomic E-state index is -0.877. The number of rotatable bonds is 3. The van der Waals surface area contributed by atoms with Gasteiger partial charge in [0.15, 0.2) is 0 Å². The van der Waals surface area contributed by atoms with Gasteiger partial charge in [0.25, 0.3) is 0 Å². The molecule has 0 bridgehead atoms. The third-order valence-electron chi connectivity index (χ3n) is 4.38. The number of hydrogen-bond acceptors (Lipinski definition) is 3. The Morgan fingerprint density at radius 3 is 2.50 bits per heavy atom. The third-order valence-corrected chi connectivity index (χ3v) is 4.77. The van der Waals surface area contributed by atoms with Gasteiger partial charge in [-0.3, -0.25) is 0 Å². The molecule has 22 heavy (non-hydrogen) atoms. The monoisotopic (exact) mass is 327 g/mol. The highest BCUT2D eigenvalue weighted by molar-refractivity contribution is 6.31. The molecule has 1 aliphatic rings. The number of amides is 1. The van der Waals surface area contributed by atoms with E-state index in [1.807, 2.05) is 6.92 Å². The number of halogens is 1. The molecule has 1 aromatic carbocycles. The maximum Gasteiger partial charge on any atom is 0.407 e. The quantitative estimate of drug-likeness (QED) is 0.890. The van der Waals surface area contributed by atoms with E-state index in [0.717, 1.165) is 24.0 Å². The van der Waals surface area contributed by atoms with Crippen molar-refractivity contribution in [2.75, 3.05) is 20.2 Å². The smallest absolute Gasteiger partial charge is 0.407 e. The van der Waals surface area contributed by atoms with Crippen LogP contribution in [0.4, 0.5) is 4.79 Å². The highest BCUT2D eigenvalue weighted by Crippen LogP contribution is 2.43. The van der Waals surface area contributed by atoms with Gasteiger partial charge in [-0.2, -0.15) is 0 Å². The lowest BCUT2D eigenvalue weighted by atomic mass is 9.84. The van der Waals surface area contributed by atoms with Crippen molar-refractivity contribution >= 4 is 17.7 Å². The van der Waals surface area contributed by atoms with Crippen LogP contribution in [0.5, 0.6) is 5.75 Å². The van der Waals surface area contributed by atoms with Gasteiger partial charge in [-0.1, -0.05) is 11.6 Å². The zero-order valence-electron chi connectivity index (χ0n) is 13.1. The number of benzene rings is 1. The van der Waals surface area contributed by atoms with Crippen LogP contribution in [0.25, 0.3) is 0 Å². The van der Waals surface area contributed by atoms with Gasteiger partial charge in [0.2, 0.25) is 0 Å². The van der Waals surface area contributed by atoms with Crippen molar-refractivity contribution in [3.63, 3.8) is 0 Å². The van der Waals surface area contributed by atoms with Crippen LogP contribution < -0.4 is 4.74 Å².